The van der Waals surface area contributed by atoms with Crippen molar-refractivity contribution >= 4 is 17.5 Å². The van der Waals surface area contributed by atoms with E-state index >= 15 is 0 Å². The third-order valence-corrected chi connectivity index (χ3v) is 4.28. The molecule has 0 aromatic heterocycles. The maximum absolute atomic E-state index is 11.7. The zero-order chi connectivity index (χ0) is 11.6. The van der Waals surface area contributed by atoms with Gasteiger partial charge < -0.3 is 10.0 Å². The SMILES string of the molecule is O=C(CCCl)N1CCC2(O)CCCCC2C1. The zero-order valence-electron chi connectivity index (χ0n) is 9.62. The van der Waals surface area contributed by atoms with Crippen molar-refractivity contribution < 1.29 is 9.90 Å². The van der Waals surface area contributed by atoms with E-state index < -0.39 is 5.60 Å². The van der Waals surface area contributed by atoms with Gasteiger partial charge in [0.2, 0.25) is 5.91 Å². The Hall–Kier alpha value is -0.280. The number of halogens is 1. The van der Waals surface area contributed by atoms with Crippen LogP contribution in [0.1, 0.15) is 38.5 Å². The van der Waals surface area contributed by atoms with E-state index in [9.17, 15) is 9.90 Å². The molecule has 1 amide bonds. The van der Waals surface area contributed by atoms with E-state index in [-0.39, 0.29) is 11.8 Å². The summed E-state index contributed by atoms with van der Waals surface area (Å²) >= 11 is 5.58. The number of carbonyl (C=O) groups excluding carboxylic acids is 1. The van der Waals surface area contributed by atoms with Gasteiger partial charge in [0, 0.05) is 31.3 Å². The number of hydrogen-bond acceptors (Lipinski definition) is 2. The molecule has 2 unspecified atom stereocenters. The Balaban J connectivity index is 1.96. The van der Waals surface area contributed by atoms with Gasteiger partial charge >= 0.3 is 0 Å². The van der Waals surface area contributed by atoms with Gasteiger partial charge in [0.15, 0.2) is 0 Å². The monoisotopic (exact) mass is 245 g/mol. The number of alkyl halides is 1. The van der Waals surface area contributed by atoms with E-state index in [1.54, 1.807) is 0 Å². The minimum Gasteiger partial charge on any atom is -0.389 e. The van der Waals surface area contributed by atoms with Gasteiger partial charge in [-0.25, -0.2) is 0 Å². The van der Waals surface area contributed by atoms with E-state index in [0.29, 0.717) is 18.8 Å². The van der Waals surface area contributed by atoms with Gasteiger partial charge in [-0.1, -0.05) is 12.8 Å². The average Bonchev–Trinajstić information content (AvgIpc) is 2.28. The largest absolute Gasteiger partial charge is 0.389 e. The summed E-state index contributed by atoms with van der Waals surface area (Å²) in [6.45, 7) is 1.43. The van der Waals surface area contributed by atoms with Crippen LogP contribution in [0.5, 0.6) is 0 Å². The van der Waals surface area contributed by atoms with E-state index in [2.05, 4.69) is 0 Å². The molecule has 1 N–H and O–H groups in total. The molecule has 0 radical (unpaired) electrons. The van der Waals surface area contributed by atoms with Crippen LogP contribution >= 0.6 is 11.6 Å². The molecule has 0 aromatic rings. The molecular weight excluding hydrogens is 226 g/mol. The minimum atomic E-state index is -0.490. The van der Waals surface area contributed by atoms with Crippen LogP contribution in [-0.2, 0) is 4.79 Å². The molecule has 0 bridgehead atoms. The lowest BCUT2D eigenvalue weighted by Gasteiger charge is -2.47. The van der Waals surface area contributed by atoms with Crippen LogP contribution in [0, 0.1) is 5.92 Å². The molecule has 2 atom stereocenters. The Morgan fingerprint density at radius 3 is 3.00 bits per heavy atom. The number of nitrogens with zero attached hydrogens (tertiary/aromatic N) is 1. The summed E-state index contributed by atoms with van der Waals surface area (Å²) in [5.74, 6) is 0.821. The third kappa shape index (κ3) is 2.35. The number of piperidine rings is 1. The number of likely N-dealkylation sites (tertiary alicyclic amines) is 1. The molecule has 92 valence electrons. The first-order valence-electron chi connectivity index (χ1n) is 6.22. The van der Waals surface area contributed by atoms with E-state index in [1.165, 1.54) is 6.42 Å². The van der Waals surface area contributed by atoms with Gasteiger partial charge in [-0.05, 0) is 19.3 Å². The van der Waals surface area contributed by atoms with Crippen molar-refractivity contribution in [2.75, 3.05) is 19.0 Å². The van der Waals surface area contributed by atoms with Gasteiger partial charge in [0.25, 0.3) is 0 Å². The van der Waals surface area contributed by atoms with Crippen molar-refractivity contribution in [3.63, 3.8) is 0 Å². The summed E-state index contributed by atoms with van der Waals surface area (Å²) in [7, 11) is 0. The first-order valence-corrected chi connectivity index (χ1v) is 6.75. The van der Waals surface area contributed by atoms with Gasteiger partial charge in [-0.3, -0.25) is 4.79 Å². The zero-order valence-corrected chi connectivity index (χ0v) is 10.4. The van der Waals surface area contributed by atoms with Gasteiger partial charge in [-0.2, -0.15) is 0 Å². The topological polar surface area (TPSA) is 40.5 Å². The average molecular weight is 246 g/mol. The Kier molecular flexibility index (Phi) is 3.75. The molecule has 1 saturated heterocycles. The number of rotatable bonds is 2. The van der Waals surface area contributed by atoms with Crippen molar-refractivity contribution in [1.29, 1.82) is 0 Å². The lowest BCUT2D eigenvalue weighted by atomic mass is 9.71. The van der Waals surface area contributed by atoms with Gasteiger partial charge in [-0.15, -0.1) is 11.6 Å². The Labute approximate surface area is 102 Å². The van der Waals surface area contributed by atoms with Crippen molar-refractivity contribution in [2.24, 2.45) is 5.92 Å². The second-order valence-electron chi connectivity index (χ2n) is 5.08. The Bertz CT molecular complexity index is 272. The highest BCUT2D eigenvalue weighted by Gasteiger charge is 2.43. The summed E-state index contributed by atoms with van der Waals surface area (Å²) in [4.78, 5) is 13.6. The normalized spacial score (nSPS) is 34.6. The van der Waals surface area contributed by atoms with E-state index in [0.717, 1.165) is 32.2 Å². The predicted octanol–water partition coefficient (Wildman–Crippen LogP) is 1.77. The molecule has 1 saturated carbocycles. The minimum absolute atomic E-state index is 0.141. The molecule has 0 spiro atoms. The first-order chi connectivity index (χ1) is 7.65. The second-order valence-corrected chi connectivity index (χ2v) is 5.45. The number of fused-ring (bicyclic) bond motifs is 1. The molecule has 1 heterocycles. The molecule has 2 fully saturated rings. The summed E-state index contributed by atoms with van der Waals surface area (Å²) < 4.78 is 0. The number of aliphatic hydroxyl groups is 1. The fourth-order valence-corrected chi connectivity index (χ4v) is 3.20. The van der Waals surface area contributed by atoms with E-state index in [4.69, 9.17) is 11.6 Å². The van der Waals surface area contributed by atoms with Gasteiger partial charge in [0.1, 0.15) is 0 Å². The van der Waals surface area contributed by atoms with Crippen LogP contribution in [0.25, 0.3) is 0 Å². The molecule has 2 aliphatic rings. The van der Waals surface area contributed by atoms with Crippen molar-refractivity contribution in [3.05, 3.63) is 0 Å². The van der Waals surface area contributed by atoms with Crippen molar-refractivity contribution in [3.8, 4) is 0 Å². The number of amides is 1. The standard InChI is InChI=1S/C12H20ClNO2/c13-7-4-11(15)14-8-6-12(16)5-2-1-3-10(12)9-14/h10,16H,1-9H2. The highest BCUT2D eigenvalue weighted by atomic mass is 35.5. The lowest BCUT2D eigenvalue weighted by molar-refractivity contribution is -0.142. The van der Waals surface area contributed by atoms with Crippen LogP contribution < -0.4 is 0 Å². The number of carbonyl (C=O) groups is 1. The van der Waals surface area contributed by atoms with Crippen LogP contribution in [0.15, 0.2) is 0 Å². The molecule has 4 heteroatoms. The smallest absolute Gasteiger partial charge is 0.223 e. The summed E-state index contributed by atoms with van der Waals surface area (Å²) in [5, 5.41) is 10.5. The molecule has 1 aliphatic carbocycles. The molecule has 16 heavy (non-hydrogen) atoms. The Morgan fingerprint density at radius 1 is 1.44 bits per heavy atom. The Morgan fingerprint density at radius 2 is 2.25 bits per heavy atom. The van der Waals surface area contributed by atoms with Crippen LogP contribution in [0.3, 0.4) is 0 Å². The fraction of sp³-hybridized carbons (Fsp3) is 0.917. The molecule has 0 aromatic carbocycles. The highest BCUT2D eigenvalue weighted by molar-refractivity contribution is 6.18. The summed E-state index contributed by atoms with van der Waals surface area (Å²) in [6.07, 6.45) is 5.45. The quantitative estimate of drug-likeness (QED) is 0.754. The van der Waals surface area contributed by atoms with Gasteiger partial charge in [0.05, 0.1) is 5.60 Å². The predicted molar refractivity (Wildman–Crippen MR) is 63.4 cm³/mol. The lowest BCUT2D eigenvalue weighted by Crippen LogP contribution is -2.54. The molecule has 2 rings (SSSR count). The summed E-state index contributed by atoms with van der Waals surface area (Å²) in [5.41, 5.74) is -0.490. The van der Waals surface area contributed by atoms with Crippen LogP contribution in [0.2, 0.25) is 0 Å². The maximum Gasteiger partial charge on any atom is 0.223 e. The third-order valence-electron chi connectivity index (χ3n) is 4.09. The maximum atomic E-state index is 11.7. The van der Waals surface area contributed by atoms with Crippen LogP contribution in [-0.4, -0.2) is 40.5 Å². The van der Waals surface area contributed by atoms with Crippen LogP contribution in [0.4, 0.5) is 0 Å². The molecule has 1 aliphatic heterocycles. The first kappa shape index (κ1) is 12.2. The van der Waals surface area contributed by atoms with Crippen molar-refractivity contribution in [1.82, 2.24) is 4.90 Å². The summed E-state index contributed by atoms with van der Waals surface area (Å²) in [6, 6.07) is 0. The van der Waals surface area contributed by atoms with Crippen molar-refractivity contribution in [2.45, 2.75) is 44.1 Å². The second kappa shape index (κ2) is 4.92. The fourth-order valence-electron chi connectivity index (χ4n) is 3.04. The molecule has 3 nitrogen and oxygen atoms in total. The van der Waals surface area contributed by atoms with E-state index in [1.807, 2.05) is 4.90 Å². The highest BCUT2D eigenvalue weighted by Crippen LogP contribution is 2.39. The number of hydrogen-bond donors (Lipinski definition) is 1. The molecular formula is C12H20ClNO2.